The van der Waals surface area contributed by atoms with Crippen LogP contribution in [0.5, 0.6) is 0 Å². The van der Waals surface area contributed by atoms with E-state index in [1.807, 2.05) is 12.1 Å². The lowest BCUT2D eigenvalue weighted by Crippen LogP contribution is -2.19. The van der Waals surface area contributed by atoms with Gasteiger partial charge in [0.25, 0.3) is 0 Å². The van der Waals surface area contributed by atoms with Gasteiger partial charge in [-0.05, 0) is 17.0 Å². The molecule has 0 saturated heterocycles. The molecule has 1 rings (SSSR count). The van der Waals surface area contributed by atoms with Crippen molar-refractivity contribution < 1.29 is 14.9 Å². The predicted molar refractivity (Wildman–Crippen MR) is 63.3 cm³/mol. The lowest BCUT2D eigenvalue weighted by molar-refractivity contribution is 0.0000215. The van der Waals surface area contributed by atoms with Crippen LogP contribution >= 0.6 is 0 Å². The van der Waals surface area contributed by atoms with Gasteiger partial charge >= 0.3 is 0 Å². The molecule has 90 valence electrons. The van der Waals surface area contributed by atoms with E-state index >= 15 is 0 Å². The van der Waals surface area contributed by atoms with Crippen molar-refractivity contribution in [1.82, 2.24) is 0 Å². The van der Waals surface area contributed by atoms with Gasteiger partial charge in [-0.3, -0.25) is 0 Å². The number of aliphatic hydroxyl groups excluding tert-OH is 2. The van der Waals surface area contributed by atoms with E-state index in [1.54, 1.807) is 0 Å². The summed E-state index contributed by atoms with van der Waals surface area (Å²) in [5, 5.41) is 17.7. The third kappa shape index (κ3) is 4.31. The van der Waals surface area contributed by atoms with E-state index in [4.69, 9.17) is 14.9 Å². The largest absolute Gasteiger partial charge is 0.394 e. The van der Waals surface area contributed by atoms with Crippen LogP contribution in [0.25, 0.3) is 0 Å². The molecule has 0 aliphatic rings. The highest BCUT2D eigenvalue weighted by Gasteiger charge is 2.02. The van der Waals surface area contributed by atoms with Gasteiger partial charge in [0.15, 0.2) is 0 Å². The second-order valence-corrected chi connectivity index (χ2v) is 4.25. The molecule has 0 aliphatic carbocycles. The first-order valence-corrected chi connectivity index (χ1v) is 5.59. The lowest BCUT2D eigenvalue weighted by atomic mass is 10.0. The lowest BCUT2D eigenvalue weighted by Gasteiger charge is -2.09. The molecule has 0 heterocycles. The average molecular weight is 224 g/mol. The molecule has 0 saturated carbocycles. The Morgan fingerprint density at radius 3 is 2.31 bits per heavy atom. The zero-order valence-electron chi connectivity index (χ0n) is 9.89. The van der Waals surface area contributed by atoms with E-state index in [2.05, 4.69) is 26.0 Å². The smallest absolute Gasteiger partial charge is 0.100 e. The summed E-state index contributed by atoms with van der Waals surface area (Å²) in [5.74, 6) is 0.533. The zero-order chi connectivity index (χ0) is 12.0. The monoisotopic (exact) mass is 224 g/mol. The minimum absolute atomic E-state index is 0.169. The Morgan fingerprint density at radius 2 is 1.81 bits per heavy atom. The summed E-state index contributed by atoms with van der Waals surface area (Å²) in [6.07, 6.45) is -0.782. The van der Waals surface area contributed by atoms with Crippen molar-refractivity contribution in [1.29, 1.82) is 0 Å². The minimum atomic E-state index is -0.782. The molecule has 1 aromatic rings. The highest BCUT2D eigenvalue weighted by atomic mass is 16.5. The molecule has 1 atom stereocenters. The molecule has 0 aliphatic heterocycles. The van der Waals surface area contributed by atoms with Crippen molar-refractivity contribution >= 4 is 0 Å². The van der Waals surface area contributed by atoms with E-state index < -0.39 is 6.10 Å². The molecule has 3 nitrogen and oxygen atoms in total. The summed E-state index contributed by atoms with van der Waals surface area (Å²) in [5.41, 5.74) is 2.38. The summed E-state index contributed by atoms with van der Waals surface area (Å²) < 4.78 is 5.26. The van der Waals surface area contributed by atoms with Crippen LogP contribution < -0.4 is 0 Å². The number of rotatable bonds is 6. The Hall–Kier alpha value is -0.900. The van der Waals surface area contributed by atoms with Gasteiger partial charge in [0.05, 0.1) is 19.8 Å². The third-order valence-corrected chi connectivity index (χ3v) is 2.44. The Bertz CT molecular complexity index is 293. The van der Waals surface area contributed by atoms with Crippen LogP contribution in [0.2, 0.25) is 0 Å². The summed E-state index contributed by atoms with van der Waals surface area (Å²) in [4.78, 5) is 0. The Morgan fingerprint density at radius 1 is 1.19 bits per heavy atom. The first-order chi connectivity index (χ1) is 7.63. The Kier molecular flexibility index (Phi) is 5.46. The molecule has 0 fully saturated rings. The first kappa shape index (κ1) is 13.2. The molecule has 0 spiro atoms. The average Bonchev–Trinajstić information content (AvgIpc) is 2.29. The van der Waals surface area contributed by atoms with Crippen molar-refractivity contribution in [3.63, 3.8) is 0 Å². The van der Waals surface area contributed by atoms with E-state index in [1.165, 1.54) is 5.56 Å². The van der Waals surface area contributed by atoms with E-state index in [-0.39, 0.29) is 13.2 Å². The van der Waals surface area contributed by atoms with Gasteiger partial charge in [0, 0.05) is 0 Å². The third-order valence-electron chi connectivity index (χ3n) is 2.44. The SMILES string of the molecule is CC(C)c1ccc(COCC(O)CO)cc1. The Balaban J connectivity index is 2.38. The molecule has 3 heteroatoms. The second kappa shape index (κ2) is 6.63. The van der Waals surface area contributed by atoms with E-state index in [0.717, 1.165) is 5.56 Å². The van der Waals surface area contributed by atoms with E-state index in [0.29, 0.717) is 12.5 Å². The maximum Gasteiger partial charge on any atom is 0.100 e. The summed E-state index contributed by atoms with van der Waals surface area (Å²) in [7, 11) is 0. The normalized spacial score (nSPS) is 13.1. The molecule has 2 N–H and O–H groups in total. The molecular weight excluding hydrogens is 204 g/mol. The fourth-order valence-corrected chi connectivity index (χ4v) is 1.36. The van der Waals surface area contributed by atoms with Crippen molar-refractivity contribution in [2.24, 2.45) is 0 Å². The Labute approximate surface area is 96.7 Å². The van der Waals surface area contributed by atoms with E-state index in [9.17, 15) is 0 Å². The molecule has 0 aromatic heterocycles. The van der Waals surface area contributed by atoms with Crippen molar-refractivity contribution in [2.75, 3.05) is 13.2 Å². The maximum absolute atomic E-state index is 9.08. The van der Waals surface area contributed by atoms with Crippen molar-refractivity contribution in [2.45, 2.75) is 32.5 Å². The van der Waals surface area contributed by atoms with Gasteiger partial charge in [0.1, 0.15) is 6.10 Å². The number of ether oxygens (including phenoxy) is 1. The standard InChI is InChI=1S/C13H20O3/c1-10(2)12-5-3-11(4-6-12)8-16-9-13(15)7-14/h3-6,10,13-15H,7-9H2,1-2H3. The van der Waals surface area contributed by atoms with Crippen LogP contribution in [0.4, 0.5) is 0 Å². The number of hydrogen-bond donors (Lipinski definition) is 2. The molecular formula is C13H20O3. The number of aliphatic hydroxyl groups is 2. The molecule has 0 bridgehead atoms. The molecule has 1 aromatic carbocycles. The van der Waals surface area contributed by atoms with Crippen LogP contribution in [0.3, 0.4) is 0 Å². The van der Waals surface area contributed by atoms with Gasteiger partial charge in [-0.1, -0.05) is 38.1 Å². The fourth-order valence-electron chi connectivity index (χ4n) is 1.36. The molecule has 0 radical (unpaired) electrons. The summed E-state index contributed by atoms with van der Waals surface area (Å²) in [6, 6.07) is 8.24. The topological polar surface area (TPSA) is 49.7 Å². The summed E-state index contributed by atoms with van der Waals surface area (Å²) >= 11 is 0. The van der Waals surface area contributed by atoms with Gasteiger partial charge in [-0.15, -0.1) is 0 Å². The van der Waals surface area contributed by atoms with Crippen LogP contribution in [-0.2, 0) is 11.3 Å². The summed E-state index contributed by atoms with van der Waals surface area (Å²) in [6.45, 7) is 4.69. The van der Waals surface area contributed by atoms with Crippen LogP contribution in [0.15, 0.2) is 24.3 Å². The van der Waals surface area contributed by atoms with Crippen molar-refractivity contribution in [3.8, 4) is 0 Å². The van der Waals surface area contributed by atoms with Gasteiger partial charge in [-0.25, -0.2) is 0 Å². The second-order valence-electron chi connectivity index (χ2n) is 4.25. The fraction of sp³-hybridized carbons (Fsp3) is 0.538. The van der Waals surface area contributed by atoms with Gasteiger partial charge < -0.3 is 14.9 Å². The highest BCUT2D eigenvalue weighted by molar-refractivity contribution is 5.24. The minimum Gasteiger partial charge on any atom is -0.394 e. The van der Waals surface area contributed by atoms with Gasteiger partial charge in [0.2, 0.25) is 0 Å². The molecule has 0 amide bonds. The first-order valence-electron chi connectivity index (χ1n) is 5.59. The number of benzene rings is 1. The van der Waals surface area contributed by atoms with Gasteiger partial charge in [-0.2, -0.15) is 0 Å². The predicted octanol–water partition coefficient (Wildman–Crippen LogP) is 1.68. The molecule has 16 heavy (non-hydrogen) atoms. The van der Waals surface area contributed by atoms with Crippen LogP contribution in [-0.4, -0.2) is 29.5 Å². The quantitative estimate of drug-likeness (QED) is 0.773. The number of hydrogen-bond acceptors (Lipinski definition) is 3. The maximum atomic E-state index is 9.08. The zero-order valence-corrected chi connectivity index (χ0v) is 9.89. The van der Waals surface area contributed by atoms with Crippen LogP contribution in [0, 0.1) is 0 Å². The molecule has 1 unspecified atom stereocenters. The van der Waals surface area contributed by atoms with Crippen molar-refractivity contribution in [3.05, 3.63) is 35.4 Å². The highest BCUT2D eigenvalue weighted by Crippen LogP contribution is 2.15. The van der Waals surface area contributed by atoms with Crippen LogP contribution in [0.1, 0.15) is 30.9 Å².